The van der Waals surface area contributed by atoms with Gasteiger partial charge in [0.15, 0.2) is 0 Å². The molecule has 2 N–H and O–H groups in total. The van der Waals surface area contributed by atoms with Crippen LogP contribution >= 0.6 is 0 Å². The highest BCUT2D eigenvalue weighted by Gasteiger charge is 2.14. The first-order valence-electron chi connectivity index (χ1n) is 4.84. The molecule has 0 unspecified atom stereocenters. The van der Waals surface area contributed by atoms with Crippen LogP contribution in [0.25, 0.3) is 0 Å². The van der Waals surface area contributed by atoms with E-state index in [4.69, 9.17) is 9.84 Å². The number of nitrogens with one attached hydrogen (secondary N) is 1. The van der Waals surface area contributed by atoms with Crippen LogP contribution in [0.1, 0.15) is 20.8 Å². The molecule has 0 spiro atoms. The first kappa shape index (κ1) is 14.2. The molecule has 0 atom stereocenters. The molecule has 90 valence electrons. The monoisotopic (exact) mass is 227 g/mol. The number of carbonyl (C=O) groups excluding carboxylic acids is 1. The van der Waals surface area contributed by atoms with Gasteiger partial charge in [0.25, 0.3) is 0 Å². The van der Waals surface area contributed by atoms with E-state index in [9.17, 15) is 9.59 Å². The lowest BCUT2D eigenvalue weighted by atomic mass is 10.2. The van der Waals surface area contributed by atoms with Gasteiger partial charge in [-0.3, -0.25) is 0 Å². The van der Waals surface area contributed by atoms with Crippen LogP contribution in [0.3, 0.4) is 0 Å². The summed E-state index contributed by atoms with van der Waals surface area (Å²) in [5.74, 6) is -1.01. The van der Waals surface area contributed by atoms with E-state index < -0.39 is 17.7 Å². The van der Waals surface area contributed by atoms with E-state index in [1.54, 1.807) is 26.8 Å². The third-order valence-electron chi connectivity index (χ3n) is 1.25. The highest BCUT2D eigenvalue weighted by molar-refractivity contribution is 5.80. The minimum atomic E-state index is -1.01. The average molecular weight is 227 g/mol. The number of carboxylic acid groups (broad SMARTS) is 1. The van der Waals surface area contributed by atoms with Crippen molar-refractivity contribution >= 4 is 12.1 Å². The summed E-state index contributed by atoms with van der Waals surface area (Å²) in [6.45, 7) is 5.62. The van der Waals surface area contributed by atoms with Gasteiger partial charge >= 0.3 is 12.1 Å². The Bertz CT molecular complexity index is 300. The van der Waals surface area contributed by atoms with Gasteiger partial charge in [-0.1, -0.05) is 18.2 Å². The Morgan fingerprint density at radius 1 is 1.31 bits per heavy atom. The lowest BCUT2D eigenvalue weighted by Gasteiger charge is -2.19. The minimum Gasteiger partial charge on any atom is -0.478 e. The molecule has 0 rings (SSSR count). The Kier molecular flexibility index (Phi) is 5.92. The zero-order valence-electron chi connectivity index (χ0n) is 9.69. The minimum absolute atomic E-state index is 0.291. The molecule has 0 aromatic heterocycles. The van der Waals surface area contributed by atoms with Crippen LogP contribution in [0.5, 0.6) is 0 Å². The van der Waals surface area contributed by atoms with Crippen LogP contribution in [0.2, 0.25) is 0 Å². The molecule has 0 aromatic rings. The van der Waals surface area contributed by atoms with Gasteiger partial charge in [0, 0.05) is 12.6 Å². The van der Waals surface area contributed by atoms with Gasteiger partial charge in [0.2, 0.25) is 0 Å². The number of allylic oxidation sites excluding steroid dienone is 2. The number of hydrogen-bond donors (Lipinski definition) is 2. The molecule has 0 fully saturated rings. The van der Waals surface area contributed by atoms with Gasteiger partial charge in [-0.05, 0) is 20.8 Å². The predicted octanol–water partition coefficient (Wildman–Crippen LogP) is 1.71. The molecule has 0 bridgehead atoms. The zero-order chi connectivity index (χ0) is 12.6. The van der Waals surface area contributed by atoms with Crippen molar-refractivity contribution in [3.8, 4) is 0 Å². The average Bonchev–Trinajstić information content (AvgIpc) is 2.07. The molecular weight excluding hydrogens is 210 g/mol. The largest absolute Gasteiger partial charge is 0.478 e. The highest BCUT2D eigenvalue weighted by Crippen LogP contribution is 2.05. The van der Waals surface area contributed by atoms with E-state index in [0.717, 1.165) is 6.08 Å². The number of rotatable bonds is 4. The molecule has 0 saturated carbocycles. The van der Waals surface area contributed by atoms with Crippen molar-refractivity contribution in [3.05, 3.63) is 24.3 Å². The molecule has 16 heavy (non-hydrogen) atoms. The van der Waals surface area contributed by atoms with E-state index in [2.05, 4.69) is 5.32 Å². The number of hydrogen-bond acceptors (Lipinski definition) is 3. The van der Waals surface area contributed by atoms with Gasteiger partial charge in [-0.2, -0.15) is 0 Å². The first-order chi connectivity index (χ1) is 7.31. The number of alkyl carbamates (subject to hydrolysis) is 1. The van der Waals surface area contributed by atoms with E-state index >= 15 is 0 Å². The van der Waals surface area contributed by atoms with Crippen molar-refractivity contribution in [1.29, 1.82) is 0 Å². The van der Waals surface area contributed by atoms with Crippen molar-refractivity contribution in [2.45, 2.75) is 26.4 Å². The van der Waals surface area contributed by atoms with E-state index in [-0.39, 0.29) is 0 Å². The number of amides is 1. The van der Waals surface area contributed by atoms with Crippen LogP contribution in [-0.4, -0.2) is 29.3 Å². The fourth-order valence-corrected chi connectivity index (χ4v) is 0.741. The zero-order valence-corrected chi connectivity index (χ0v) is 9.69. The maximum Gasteiger partial charge on any atom is 0.407 e. The Hall–Kier alpha value is -1.78. The molecule has 5 heteroatoms. The van der Waals surface area contributed by atoms with Gasteiger partial charge in [0.1, 0.15) is 5.60 Å². The summed E-state index contributed by atoms with van der Waals surface area (Å²) in [5.41, 5.74) is -0.517. The topological polar surface area (TPSA) is 75.6 Å². The van der Waals surface area contributed by atoms with E-state index in [0.29, 0.717) is 6.54 Å². The highest BCUT2D eigenvalue weighted by atomic mass is 16.6. The van der Waals surface area contributed by atoms with Crippen LogP contribution in [0.4, 0.5) is 4.79 Å². The Morgan fingerprint density at radius 2 is 1.94 bits per heavy atom. The van der Waals surface area contributed by atoms with Gasteiger partial charge in [-0.25, -0.2) is 9.59 Å². The molecule has 0 aliphatic rings. The van der Waals surface area contributed by atoms with Crippen molar-refractivity contribution in [2.75, 3.05) is 6.54 Å². The smallest absolute Gasteiger partial charge is 0.407 e. The van der Waals surface area contributed by atoms with Crippen LogP contribution < -0.4 is 5.32 Å². The van der Waals surface area contributed by atoms with Gasteiger partial charge in [0.05, 0.1) is 0 Å². The van der Waals surface area contributed by atoms with Gasteiger partial charge < -0.3 is 15.2 Å². The summed E-state index contributed by atoms with van der Waals surface area (Å²) in [5, 5.41) is 10.8. The normalized spacial score (nSPS) is 11.9. The summed E-state index contributed by atoms with van der Waals surface area (Å²) < 4.78 is 4.99. The third-order valence-corrected chi connectivity index (χ3v) is 1.25. The summed E-state index contributed by atoms with van der Waals surface area (Å²) in [4.78, 5) is 21.2. The maximum atomic E-state index is 11.1. The first-order valence-corrected chi connectivity index (χ1v) is 4.84. The van der Waals surface area contributed by atoms with Crippen LogP contribution in [0.15, 0.2) is 24.3 Å². The standard InChI is InChI=1S/C11H17NO4/c1-11(2,3)16-10(15)12-8-6-4-5-7-9(13)14/h4-7H,8H2,1-3H3,(H,12,15)(H,13,14)/b6-4+,7-5+. The number of carbonyl (C=O) groups is 2. The third kappa shape index (κ3) is 10.3. The maximum absolute atomic E-state index is 11.1. The fourth-order valence-electron chi connectivity index (χ4n) is 0.741. The van der Waals surface area contributed by atoms with Crippen molar-refractivity contribution < 1.29 is 19.4 Å². The summed E-state index contributed by atoms with van der Waals surface area (Å²) in [6, 6.07) is 0. The molecule has 0 heterocycles. The fraction of sp³-hybridized carbons (Fsp3) is 0.455. The predicted molar refractivity (Wildman–Crippen MR) is 60.2 cm³/mol. The van der Waals surface area contributed by atoms with E-state index in [1.165, 1.54) is 12.2 Å². The quantitative estimate of drug-likeness (QED) is 0.566. The molecule has 1 amide bonds. The van der Waals surface area contributed by atoms with Crippen molar-refractivity contribution in [2.24, 2.45) is 0 Å². The SMILES string of the molecule is CC(C)(C)OC(=O)NC/C=C/C=C/C(=O)O. The number of aliphatic carboxylic acids is 1. The van der Waals surface area contributed by atoms with Crippen LogP contribution in [-0.2, 0) is 9.53 Å². The lowest BCUT2D eigenvalue weighted by molar-refractivity contribution is -0.131. The molecule has 0 aromatic carbocycles. The molecule has 0 saturated heterocycles. The van der Waals surface area contributed by atoms with E-state index in [1.807, 2.05) is 0 Å². The second kappa shape index (κ2) is 6.66. The molecule has 0 aliphatic heterocycles. The molecule has 5 nitrogen and oxygen atoms in total. The second-order valence-electron chi connectivity index (χ2n) is 4.01. The Balaban J connectivity index is 3.74. The summed E-state index contributed by atoms with van der Waals surface area (Å²) in [6.07, 6.45) is 5.03. The number of carboxylic acids is 1. The number of ether oxygens (including phenoxy) is 1. The molecular formula is C11H17NO4. The van der Waals surface area contributed by atoms with Crippen molar-refractivity contribution in [3.63, 3.8) is 0 Å². The summed E-state index contributed by atoms with van der Waals surface area (Å²) in [7, 11) is 0. The Labute approximate surface area is 94.8 Å². The van der Waals surface area contributed by atoms with Crippen LogP contribution in [0, 0.1) is 0 Å². The van der Waals surface area contributed by atoms with Crippen molar-refractivity contribution in [1.82, 2.24) is 5.32 Å². The summed E-state index contributed by atoms with van der Waals surface area (Å²) >= 11 is 0. The lowest BCUT2D eigenvalue weighted by Crippen LogP contribution is -2.32. The molecule has 0 aliphatic carbocycles. The Morgan fingerprint density at radius 3 is 2.44 bits per heavy atom. The second-order valence-corrected chi connectivity index (χ2v) is 4.01. The molecule has 0 radical (unpaired) electrons. The van der Waals surface area contributed by atoms with Gasteiger partial charge in [-0.15, -0.1) is 0 Å².